The van der Waals surface area contributed by atoms with Gasteiger partial charge in [-0.15, -0.1) is 0 Å². The third kappa shape index (κ3) is 3.23. The van der Waals surface area contributed by atoms with Crippen molar-refractivity contribution in [2.75, 3.05) is 18.6 Å². The van der Waals surface area contributed by atoms with E-state index >= 15 is 0 Å². The van der Waals surface area contributed by atoms with Crippen molar-refractivity contribution < 1.29 is 9.00 Å². The molecule has 1 N–H and O–H groups in total. The summed E-state index contributed by atoms with van der Waals surface area (Å²) in [4.78, 5) is 18.8. The van der Waals surface area contributed by atoms with Crippen LogP contribution >= 0.6 is 0 Å². The maximum Gasteiger partial charge on any atom is 0.220 e. The Balaban J connectivity index is 3.11. The number of rotatable bonds is 4. The van der Waals surface area contributed by atoms with E-state index in [9.17, 15) is 9.00 Å². The quantitative estimate of drug-likeness (QED) is 0.623. The number of allylic oxidation sites excluding steroid dienone is 1. The minimum absolute atomic E-state index is 0.0507. The molecule has 1 heterocycles. The molecule has 1 aromatic heterocycles. The number of ketones is 1. The SMILES string of the molecule is CNc1nc(S(C)=O)ncc1C=CC(C)=O. The zero-order valence-corrected chi connectivity index (χ0v) is 10.2. The number of hydrogen-bond acceptors (Lipinski definition) is 5. The first-order valence-corrected chi connectivity index (χ1v) is 6.17. The smallest absolute Gasteiger partial charge is 0.220 e. The Morgan fingerprint density at radius 3 is 2.75 bits per heavy atom. The average Bonchev–Trinajstić information content (AvgIpc) is 2.25. The van der Waals surface area contributed by atoms with Crippen molar-refractivity contribution in [3.8, 4) is 0 Å². The van der Waals surface area contributed by atoms with Crippen LogP contribution in [0.3, 0.4) is 0 Å². The largest absolute Gasteiger partial charge is 0.373 e. The summed E-state index contributed by atoms with van der Waals surface area (Å²) in [5.74, 6) is 0.503. The lowest BCUT2D eigenvalue weighted by atomic mass is 10.2. The first-order chi connectivity index (χ1) is 7.54. The molecule has 0 fully saturated rings. The van der Waals surface area contributed by atoms with Crippen LogP contribution in [-0.2, 0) is 15.6 Å². The van der Waals surface area contributed by atoms with Gasteiger partial charge in [0.1, 0.15) is 5.82 Å². The van der Waals surface area contributed by atoms with E-state index in [0.717, 1.165) is 0 Å². The number of anilines is 1. The number of carbonyl (C=O) groups is 1. The molecule has 0 aliphatic heterocycles. The van der Waals surface area contributed by atoms with Gasteiger partial charge >= 0.3 is 0 Å². The lowest BCUT2D eigenvalue weighted by Crippen LogP contribution is -2.03. The molecular formula is C10H13N3O2S. The van der Waals surface area contributed by atoms with E-state index in [-0.39, 0.29) is 10.9 Å². The Morgan fingerprint density at radius 2 is 2.25 bits per heavy atom. The molecular weight excluding hydrogens is 226 g/mol. The van der Waals surface area contributed by atoms with Crippen LogP contribution in [-0.4, -0.2) is 33.3 Å². The van der Waals surface area contributed by atoms with E-state index in [0.29, 0.717) is 11.4 Å². The van der Waals surface area contributed by atoms with Crippen molar-refractivity contribution in [1.82, 2.24) is 9.97 Å². The molecule has 1 aromatic rings. The zero-order valence-electron chi connectivity index (χ0n) is 9.35. The van der Waals surface area contributed by atoms with Gasteiger partial charge in [-0.1, -0.05) is 0 Å². The Hall–Kier alpha value is -1.56. The molecule has 0 aromatic carbocycles. The maximum absolute atomic E-state index is 11.2. The highest BCUT2D eigenvalue weighted by atomic mass is 32.2. The van der Waals surface area contributed by atoms with E-state index < -0.39 is 10.8 Å². The van der Waals surface area contributed by atoms with Crippen molar-refractivity contribution in [1.29, 1.82) is 0 Å². The van der Waals surface area contributed by atoms with Crippen molar-refractivity contribution in [2.24, 2.45) is 0 Å². The molecule has 0 amide bonds. The van der Waals surface area contributed by atoms with Gasteiger partial charge in [-0.05, 0) is 19.1 Å². The lowest BCUT2D eigenvalue weighted by Gasteiger charge is -2.04. The average molecular weight is 239 g/mol. The number of nitrogens with zero attached hydrogens (tertiary/aromatic N) is 2. The third-order valence-electron chi connectivity index (χ3n) is 1.79. The normalized spacial score (nSPS) is 12.7. The summed E-state index contributed by atoms with van der Waals surface area (Å²) in [6.07, 6.45) is 6.10. The van der Waals surface area contributed by atoms with Gasteiger partial charge in [0.05, 0.1) is 10.8 Å². The summed E-state index contributed by atoms with van der Waals surface area (Å²) in [6, 6.07) is 0. The molecule has 0 saturated carbocycles. The van der Waals surface area contributed by atoms with Crippen LogP contribution in [0.4, 0.5) is 5.82 Å². The molecule has 0 bridgehead atoms. The number of nitrogens with one attached hydrogen (secondary N) is 1. The number of hydrogen-bond donors (Lipinski definition) is 1. The molecule has 0 saturated heterocycles. The van der Waals surface area contributed by atoms with Gasteiger partial charge in [-0.3, -0.25) is 9.00 Å². The summed E-state index contributed by atoms with van der Waals surface area (Å²) < 4.78 is 11.2. The molecule has 86 valence electrons. The van der Waals surface area contributed by atoms with Crippen LogP contribution in [0.1, 0.15) is 12.5 Å². The number of carbonyl (C=O) groups excluding carboxylic acids is 1. The summed E-state index contributed by atoms with van der Waals surface area (Å²) in [5, 5.41) is 3.13. The molecule has 1 atom stereocenters. The van der Waals surface area contributed by atoms with Crippen LogP contribution in [0.5, 0.6) is 0 Å². The van der Waals surface area contributed by atoms with Crippen LogP contribution in [0.15, 0.2) is 17.4 Å². The topological polar surface area (TPSA) is 72.0 Å². The third-order valence-corrected chi connectivity index (χ3v) is 2.50. The zero-order chi connectivity index (χ0) is 12.1. The Labute approximate surface area is 96.5 Å². The minimum Gasteiger partial charge on any atom is -0.373 e. The minimum atomic E-state index is -1.22. The van der Waals surface area contributed by atoms with Gasteiger partial charge in [0.25, 0.3) is 0 Å². The van der Waals surface area contributed by atoms with E-state index in [1.54, 1.807) is 13.1 Å². The van der Waals surface area contributed by atoms with Crippen molar-refractivity contribution >= 4 is 28.5 Å². The molecule has 16 heavy (non-hydrogen) atoms. The van der Waals surface area contributed by atoms with Crippen molar-refractivity contribution in [3.05, 3.63) is 17.8 Å². The summed E-state index contributed by atoms with van der Waals surface area (Å²) in [5.41, 5.74) is 0.687. The highest BCUT2D eigenvalue weighted by Crippen LogP contribution is 2.13. The molecule has 0 spiro atoms. The first-order valence-electron chi connectivity index (χ1n) is 4.61. The van der Waals surface area contributed by atoms with E-state index in [1.165, 1.54) is 25.5 Å². The Kier molecular flexibility index (Phi) is 4.30. The van der Waals surface area contributed by atoms with E-state index in [1.807, 2.05) is 0 Å². The van der Waals surface area contributed by atoms with Crippen LogP contribution in [0.25, 0.3) is 6.08 Å². The summed E-state index contributed by atoms with van der Waals surface area (Å²) in [7, 11) is 0.489. The molecule has 1 unspecified atom stereocenters. The van der Waals surface area contributed by atoms with Gasteiger partial charge in [-0.25, -0.2) is 9.97 Å². The second-order valence-corrected chi connectivity index (χ2v) is 4.38. The van der Waals surface area contributed by atoms with Crippen molar-refractivity contribution in [3.63, 3.8) is 0 Å². The second kappa shape index (κ2) is 5.50. The molecule has 5 nitrogen and oxygen atoms in total. The second-order valence-electron chi connectivity index (χ2n) is 3.10. The molecule has 0 aliphatic rings. The first kappa shape index (κ1) is 12.5. The fourth-order valence-corrected chi connectivity index (χ4v) is 1.46. The van der Waals surface area contributed by atoms with Crippen molar-refractivity contribution in [2.45, 2.75) is 12.1 Å². The highest BCUT2D eigenvalue weighted by Gasteiger charge is 2.06. The fraction of sp³-hybridized carbons (Fsp3) is 0.300. The van der Waals surface area contributed by atoms with Gasteiger partial charge in [-0.2, -0.15) is 0 Å². The van der Waals surface area contributed by atoms with Crippen LogP contribution < -0.4 is 5.32 Å². The fourth-order valence-electron chi connectivity index (χ4n) is 1.04. The van der Waals surface area contributed by atoms with Gasteiger partial charge < -0.3 is 5.32 Å². The molecule has 0 aliphatic carbocycles. The highest BCUT2D eigenvalue weighted by molar-refractivity contribution is 7.84. The molecule has 1 rings (SSSR count). The Bertz CT molecular complexity index is 457. The van der Waals surface area contributed by atoms with Gasteiger partial charge in [0.2, 0.25) is 5.16 Å². The van der Waals surface area contributed by atoms with Gasteiger partial charge in [0.15, 0.2) is 5.78 Å². The lowest BCUT2D eigenvalue weighted by molar-refractivity contribution is -0.112. The van der Waals surface area contributed by atoms with E-state index in [2.05, 4.69) is 15.3 Å². The molecule has 0 radical (unpaired) electrons. The maximum atomic E-state index is 11.2. The van der Waals surface area contributed by atoms with E-state index in [4.69, 9.17) is 0 Å². The molecule has 6 heteroatoms. The number of aromatic nitrogens is 2. The standard InChI is InChI=1S/C10H13N3O2S/c1-7(14)4-5-8-6-12-10(16(3)15)13-9(8)11-2/h4-6H,1-3H3,(H,11,12,13). The monoisotopic (exact) mass is 239 g/mol. The predicted molar refractivity (Wildman–Crippen MR) is 63.6 cm³/mol. The predicted octanol–water partition coefficient (Wildman–Crippen LogP) is 0.858. The van der Waals surface area contributed by atoms with Gasteiger partial charge in [0, 0.05) is 25.1 Å². The van der Waals surface area contributed by atoms with Crippen LogP contribution in [0, 0.1) is 0 Å². The summed E-state index contributed by atoms with van der Waals surface area (Å²) >= 11 is 0. The summed E-state index contributed by atoms with van der Waals surface area (Å²) in [6.45, 7) is 1.46. The van der Waals surface area contributed by atoms with Crippen LogP contribution in [0.2, 0.25) is 0 Å². The Morgan fingerprint density at radius 1 is 1.56 bits per heavy atom.